The van der Waals surface area contributed by atoms with Crippen LogP contribution in [0.15, 0.2) is 52.8 Å². The molecule has 0 spiro atoms. The number of amides is 3. The molecule has 1 unspecified atom stereocenters. The Morgan fingerprint density at radius 2 is 1.76 bits per heavy atom. The van der Waals surface area contributed by atoms with E-state index in [0.29, 0.717) is 24.6 Å². The summed E-state index contributed by atoms with van der Waals surface area (Å²) < 4.78 is 72.3. The fraction of sp³-hybridized carbons (Fsp3) is 0.333. The van der Waals surface area contributed by atoms with Crippen molar-refractivity contribution < 1.29 is 40.9 Å². The third-order valence-electron chi connectivity index (χ3n) is 6.04. The third kappa shape index (κ3) is 5.87. The number of rotatable bonds is 5. The Balaban J connectivity index is 1.29. The fourth-order valence-electron chi connectivity index (χ4n) is 4.04. The SMILES string of the molecule is O=C(NCC(=O)N1CCN(C(=O)c2cc(F)ccc2C(F)(F)F)CC1)c1cc(C2CC=CC=C2F)on1. The molecule has 1 aromatic carbocycles. The normalized spacial score (nSPS) is 18.0. The summed E-state index contributed by atoms with van der Waals surface area (Å²) in [5.41, 5.74) is -2.17. The molecule has 1 atom stereocenters. The number of carbonyl (C=O) groups is 3. The molecule has 2 aromatic rings. The van der Waals surface area contributed by atoms with Crippen LogP contribution >= 0.6 is 0 Å². The lowest BCUT2D eigenvalue weighted by atomic mass is 9.96. The summed E-state index contributed by atoms with van der Waals surface area (Å²) in [5, 5.41) is 6.02. The van der Waals surface area contributed by atoms with Gasteiger partial charge in [-0.2, -0.15) is 13.2 Å². The Kier molecular flexibility index (Phi) is 7.41. The highest BCUT2D eigenvalue weighted by atomic mass is 19.4. The van der Waals surface area contributed by atoms with Gasteiger partial charge in [-0.1, -0.05) is 17.3 Å². The second-order valence-electron chi connectivity index (χ2n) is 8.43. The molecule has 0 radical (unpaired) electrons. The predicted molar refractivity (Wildman–Crippen MR) is 118 cm³/mol. The zero-order valence-corrected chi connectivity index (χ0v) is 19.2. The average molecular weight is 524 g/mol. The maximum absolute atomic E-state index is 13.9. The molecule has 1 aliphatic carbocycles. The minimum Gasteiger partial charge on any atom is -0.360 e. The van der Waals surface area contributed by atoms with Gasteiger partial charge in [0.25, 0.3) is 11.8 Å². The summed E-state index contributed by atoms with van der Waals surface area (Å²) in [6.45, 7) is -0.544. The predicted octanol–water partition coefficient (Wildman–Crippen LogP) is 3.44. The summed E-state index contributed by atoms with van der Waals surface area (Å²) in [6, 6.07) is 2.99. The molecule has 1 saturated heterocycles. The lowest BCUT2D eigenvalue weighted by molar-refractivity contribution is -0.138. The molecule has 1 fully saturated rings. The molecule has 1 aliphatic heterocycles. The van der Waals surface area contributed by atoms with Gasteiger partial charge in [-0.25, -0.2) is 8.78 Å². The van der Waals surface area contributed by atoms with Crippen molar-refractivity contribution in [3.63, 3.8) is 0 Å². The van der Waals surface area contributed by atoms with Gasteiger partial charge in [-0.3, -0.25) is 14.4 Å². The first-order chi connectivity index (χ1) is 17.5. The van der Waals surface area contributed by atoms with E-state index in [1.165, 1.54) is 17.0 Å². The van der Waals surface area contributed by atoms with Crippen molar-refractivity contribution in [1.82, 2.24) is 20.3 Å². The van der Waals surface area contributed by atoms with Gasteiger partial charge < -0.3 is 19.6 Å². The Labute approximate surface area is 207 Å². The van der Waals surface area contributed by atoms with Crippen molar-refractivity contribution in [2.24, 2.45) is 0 Å². The molecule has 1 N–H and O–H groups in total. The molecule has 4 rings (SSSR count). The largest absolute Gasteiger partial charge is 0.417 e. The monoisotopic (exact) mass is 524 g/mol. The molecule has 0 saturated carbocycles. The Morgan fingerprint density at radius 1 is 1.05 bits per heavy atom. The van der Waals surface area contributed by atoms with Crippen molar-refractivity contribution in [2.75, 3.05) is 32.7 Å². The Hall–Kier alpha value is -4.03. The number of aromatic nitrogens is 1. The second-order valence-corrected chi connectivity index (χ2v) is 8.43. The smallest absolute Gasteiger partial charge is 0.360 e. The van der Waals surface area contributed by atoms with Crippen molar-refractivity contribution >= 4 is 17.7 Å². The van der Waals surface area contributed by atoms with Crippen LogP contribution < -0.4 is 5.32 Å². The van der Waals surface area contributed by atoms with Gasteiger partial charge in [0, 0.05) is 32.2 Å². The molecule has 3 amide bonds. The van der Waals surface area contributed by atoms with E-state index in [9.17, 15) is 36.3 Å². The van der Waals surface area contributed by atoms with E-state index in [1.54, 1.807) is 12.2 Å². The summed E-state index contributed by atoms with van der Waals surface area (Å²) in [4.78, 5) is 40.0. The number of piperazine rings is 1. The number of nitrogens with zero attached hydrogens (tertiary/aromatic N) is 3. The van der Waals surface area contributed by atoms with Crippen LogP contribution in [0.25, 0.3) is 0 Å². The maximum atomic E-state index is 13.9. The third-order valence-corrected chi connectivity index (χ3v) is 6.04. The highest BCUT2D eigenvalue weighted by Crippen LogP contribution is 2.33. The van der Waals surface area contributed by atoms with Gasteiger partial charge in [-0.05, 0) is 30.7 Å². The molecular formula is C24H21F5N4O4. The Bertz CT molecular complexity index is 1260. The molecule has 2 aliphatic rings. The molecule has 13 heteroatoms. The minimum absolute atomic E-state index is 0.00598. The van der Waals surface area contributed by atoms with Gasteiger partial charge in [0.1, 0.15) is 17.4 Å². The number of hydrogen-bond acceptors (Lipinski definition) is 5. The minimum atomic E-state index is -4.84. The molecule has 2 heterocycles. The van der Waals surface area contributed by atoms with E-state index in [4.69, 9.17) is 4.52 Å². The lowest BCUT2D eigenvalue weighted by Crippen LogP contribution is -2.52. The first-order valence-corrected chi connectivity index (χ1v) is 11.3. The molecular weight excluding hydrogens is 503 g/mol. The number of hydrogen-bond donors (Lipinski definition) is 1. The quantitative estimate of drug-likeness (QED) is 0.605. The standard InChI is InChI=1S/C24H21F5N4O4/c25-14-5-6-17(24(27,28)29)16(11-14)23(36)33-9-7-32(8-10-33)21(34)13-30-22(35)19-12-20(37-31-19)15-3-1-2-4-18(15)26/h1-2,4-6,11-12,15H,3,7-10,13H2,(H,30,35). The van der Waals surface area contributed by atoms with Crippen molar-refractivity contribution in [3.8, 4) is 0 Å². The van der Waals surface area contributed by atoms with Gasteiger partial charge in [0.2, 0.25) is 5.91 Å². The van der Waals surface area contributed by atoms with E-state index in [0.717, 1.165) is 4.90 Å². The van der Waals surface area contributed by atoms with Crippen molar-refractivity contribution in [3.05, 3.63) is 76.7 Å². The van der Waals surface area contributed by atoms with Crippen LogP contribution in [-0.2, 0) is 11.0 Å². The molecule has 196 valence electrons. The molecule has 37 heavy (non-hydrogen) atoms. The highest BCUT2D eigenvalue weighted by molar-refractivity contribution is 5.96. The van der Waals surface area contributed by atoms with Crippen LogP contribution in [-0.4, -0.2) is 65.4 Å². The highest BCUT2D eigenvalue weighted by Gasteiger charge is 2.37. The molecule has 8 nitrogen and oxygen atoms in total. The summed E-state index contributed by atoms with van der Waals surface area (Å²) in [6.07, 6.45) is 0.115. The first-order valence-electron chi connectivity index (χ1n) is 11.3. The van der Waals surface area contributed by atoms with Crippen LogP contribution in [0.4, 0.5) is 22.0 Å². The number of carbonyl (C=O) groups excluding carboxylic acids is 3. The van der Waals surface area contributed by atoms with Gasteiger partial charge in [0.05, 0.1) is 23.6 Å². The van der Waals surface area contributed by atoms with Crippen LogP contribution in [0.5, 0.6) is 0 Å². The average Bonchev–Trinajstić information content (AvgIpc) is 3.36. The van der Waals surface area contributed by atoms with Crippen LogP contribution in [0, 0.1) is 5.82 Å². The topological polar surface area (TPSA) is 95.8 Å². The van der Waals surface area contributed by atoms with E-state index in [-0.39, 0.29) is 37.6 Å². The molecule has 0 bridgehead atoms. The summed E-state index contributed by atoms with van der Waals surface area (Å²) in [7, 11) is 0. The van der Waals surface area contributed by atoms with Gasteiger partial charge in [-0.15, -0.1) is 0 Å². The van der Waals surface area contributed by atoms with Crippen molar-refractivity contribution in [2.45, 2.75) is 18.5 Å². The van der Waals surface area contributed by atoms with Crippen LogP contribution in [0.3, 0.4) is 0 Å². The van der Waals surface area contributed by atoms with Gasteiger partial charge >= 0.3 is 6.18 Å². The zero-order chi connectivity index (χ0) is 26.7. The fourth-order valence-corrected chi connectivity index (χ4v) is 4.04. The Morgan fingerprint density at radius 3 is 2.43 bits per heavy atom. The number of nitrogens with one attached hydrogen (secondary N) is 1. The van der Waals surface area contributed by atoms with Crippen LogP contribution in [0.1, 0.15) is 44.5 Å². The summed E-state index contributed by atoms with van der Waals surface area (Å²) >= 11 is 0. The number of alkyl halides is 3. The van der Waals surface area contributed by atoms with E-state index in [2.05, 4.69) is 10.5 Å². The van der Waals surface area contributed by atoms with E-state index >= 15 is 0 Å². The van der Waals surface area contributed by atoms with Gasteiger partial charge in [0.15, 0.2) is 5.69 Å². The second kappa shape index (κ2) is 10.5. The van der Waals surface area contributed by atoms with E-state index < -0.39 is 59.1 Å². The number of halogens is 5. The number of benzene rings is 1. The van der Waals surface area contributed by atoms with Crippen LogP contribution in [0.2, 0.25) is 0 Å². The summed E-state index contributed by atoms with van der Waals surface area (Å²) in [5.74, 6) is -4.10. The first kappa shape index (κ1) is 26.0. The zero-order valence-electron chi connectivity index (χ0n) is 19.2. The number of allylic oxidation sites excluding steroid dienone is 4. The maximum Gasteiger partial charge on any atom is 0.417 e. The molecule has 1 aromatic heterocycles. The van der Waals surface area contributed by atoms with E-state index in [1.807, 2.05) is 0 Å². The lowest BCUT2D eigenvalue weighted by Gasteiger charge is -2.35. The van der Waals surface area contributed by atoms with Crippen molar-refractivity contribution in [1.29, 1.82) is 0 Å².